The highest BCUT2D eigenvalue weighted by Crippen LogP contribution is 2.20. The third-order valence-electron chi connectivity index (χ3n) is 2.92. The van der Waals surface area contributed by atoms with Crippen molar-refractivity contribution in [2.75, 3.05) is 13.1 Å². The predicted molar refractivity (Wildman–Crippen MR) is 65.2 cm³/mol. The van der Waals surface area contributed by atoms with E-state index in [-0.39, 0.29) is 5.92 Å². The summed E-state index contributed by atoms with van der Waals surface area (Å²) >= 11 is 3.43. The summed E-state index contributed by atoms with van der Waals surface area (Å²) in [4.78, 5) is 13.0. The largest absolute Gasteiger partial charge is 0.481 e. The lowest BCUT2D eigenvalue weighted by Crippen LogP contribution is -2.22. The monoisotopic (exact) mass is 283 g/mol. The Morgan fingerprint density at radius 1 is 1.56 bits per heavy atom. The normalized spacial score (nSPS) is 21.2. The van der Waals surface area contributed by atoms with Gasteiger partial charge in [-0.3, -0.25) is 9.69 Å². The molecule has 0 saturated carbocycles. The first-order valence-electron chi connectivity index (χ1n) is 5.35. The zero-order chi connectivity index (χ0) is 11.5. The minimum Gasteiger partial charge on any atom is -0.481 e. The molecule has 1 aliphatic rings. The Morgan fingerprint density at radius 2 is 2.38 bits per heavy atom. The molecule has 0 bridgehead atoms. The number of rotatable bonds is 3. The number of hydrogen-bond donors (Lipinski definition) is 1. The molecule has 2 rings (SSSR count). The first kappa shape index (κ1) is 11.6. The SMILES string of the molecule is O=C(O)[C@H]1CCN(Cc2cccc(Br)c2)C1. The lowest BCUT2D eigenvalue weighted by atomic mass is 10.1. The van der Waals surface area contributed by atoms with Crippen molar-refractivity contribution in [2.24, 2.45) is 5.92 Å². The Hall–Kier alpha value is -0.870. The van der Waals surface area contributed by atoms with Gasteiger partial charge < -0.3 is 5.11 Å². The summed E-state index contributed by atoms with van der Waals surface area (Å²) in [6.45, 7) is 2.38. The van der Waals surface area contributed by atoms with Gasteiger partial charge in [0.2, 0.25) is 0 Å². The van der Waals surface area contributed by atoms with E-state index in [9.17, 15) is 4.79 Å². The smallest absolute Gasteiger partial charge is 0.307 e. The Labute approximate surface area is 103 Å². The minimum absolute atomic E-state index is 0.188. The van der Waals surface area contributed by atoms with Crippen molar-refractivity contribution >= 4 is 21.9 Å². The Bertz CT molecular complexity index is 394. The van der Waals surface area contributed by atoms with Crippen LogP contribution in [0.5, 0.6) is 0 Å². The first-order chi connectivity index (χ1) is 7.65. The molecular formula is C12H14BrNO2. The van der Waals surface area contributed by atoms with Gasteiger partial charge >= 0.3 is 5.97 Å². The number of benzene rings is 1. The van der Waals surface area contributed by atoms with E-state index in [1.54, 1.807) is 0 Å². The van der Waals surface area contributed by atoms with Crippen molar-refractivity contribution in [1.82, 2.24) is 4.90 Å². The number of carboxylic acids is 1. The molecule has 1 aliphatic heterocycles. The lowest BCUT2D eigenvalue weighted by molar-refractivity contribution is -0.141. The number of carboxylic acid groups (broad SMARTS) is 1. The molecule has 1 N–H and O–H groups in total. The molecule has 1 heterocycles. The molecule has 0 aliphatic carbocycles. The van der Waals surface area contributed by atoms with Crippen molar-refractivity contribution in [3.8, 4) is 0 Å². The van der Waals surface area contributed by atoms with Crippen molar-refractivity contribution < 1.29 is 9.90 Å². The summed E-state index contributed by atoms with van der Waals surface area (Å²) in [6, 6.07) is 8.14. The Balaban J connectivity index is 1.94. The Kier molecular flexibility index (Phi) is 3.61. The molecule has 86 valence electrons. The van der Waals surface area contributed by atoms with E-state index in [0.29, 0.717) is 6.54 Å². The van der Waals surface area contributed by atoms with E-state index in [4.69, 9.17) is 5.11 Å². The third-order valence-corrected chi connectivity index (χ3v) is 3.41. The summed E-state index contributed by atoms with van der Waals surface area (Å²) < 4.78 is 1.07. The molecule has 1 saturated heterocycles. The van der Waals surface area contributed by atoms with Gasteiger partial charge in [0.15, 0.2) is 0 Å². The van der Waals surface area contributed by atoms with Crippen LogP contribution < -0.4 is 0 Å². The van der Waals surface area contributed by atoms with E-state index in [2.05, 4.69) is 33.0 Å². The number of aliphatic carboxylic acids is 1. The number of nitrogens with zero attached hydrogens (tertiary/aromatic N) is 1. The van der Waals surface area contributed by atoms with E-state index in [1.165, 1.54) is 5.56 Å². The van der Waals surface area contributed by atoms with Crippen molar-refractivity contribution in [3.63, 3.8) is 0 Å². The predicted octanol–water partition coefficient (Wildman–Crippen LogP) is 2.36. The van der Waals surface area contributed by atoms with Crippen LogP contribution in [-0.2, 0) is 11.3 Å². The van der Waals surface area contributed by atoms with Crippen LogP contribution in [0.25, 0.3) is 0 Å². The van der Waals surface area contributed by atoms with Gasteiger partial charge in [-0.25, -0.2) is 0 Å². The summed E-state index contributed by atoms with van der Waals surface area (Å²) in [6.07, 6.45) is 0.767. The Morgan fingerprint density at radius 3 is 3.00 bits per heavy atom. The summed E-state index contributed by atoms with van der Waals surface area (Å²) in [5.41, 5.74) is 1.22. The average Bonchev–Trinajstić information content (AvgIpc) is 2.66. The van der Waals surface area contributed by atoms with E-state index >= 15 is 0 Å². The van der Waals surface area contributed by atoms with Gasteiger partial charge in [-0.05, 0) is 30.7 Å². The van der Waals surface area contributed by atoms with Crippen LogP contribution in [0.15, 0.2) is 28.7 Å². The van der Waals surface area contributed by atoms with Gasteiger partial charge in [-0.1, -0.05) is 28.1 Å². The average molecular weight is 284 g/mol. The molecule has 16 heavy (non-hydrogen) atoms. The van der Waals surface area contributed by atoms with Gasteiger partial charge in [0.05, 0.1) is 5.92 Å². The van der Waals surface area contributed by atoms with E-state index < -0.39 is 5.97 Å². The fourth-order valence-electron chi connectivity index (χ4n) is 2.07. The molecule has 1 aromatic rings. The number of hydrogen-bond acceptors (Lipinski definition) is 2. The molecule has 0 unspecified atom stereocenters. The maximum Gasteiger partial charge on any atom is 0.307 e. The maximum atomic E-state index is 10.8. The van der Waals surface area contributed by atoms with E-state index in [0.717, 1.165) is 24.0 Å². The summed E-state index contributed by atoms with van der Waals surface area (Å²) in [5, 5.41) is 8.91. The van der Waals surface area contributed by atoms with Crippen molar-refractivity contribution in [1.29, 1.82) is 0 Å². The zero-order valence-electron chi connectivity index (χ0n) is 8.90. The van der Waals surface area contributed by atoms with Gasteiger partial charge in [0.1, 0.15) is 0 Å². The molecule has 0 aromatic heterocycles. The van der Waals surface area contributed by atoms with Crippen LogP contribution in [0, 0.1) is 5.92 Å². The second-order valence-corrected chi connectivity index (χ2v) is 5.10. The highest BCUT2D eigenvalue weighted by molar-refractivity contribution is 9.10. The first-order valence-corrected chi connectivity index (χ1v) is 6.14. The molecule has 1 aromatic carbocycles. The molecule has 1 fully saturated rings. The van der Waals surface area contributed by atoms with Crippen LogP contribution in [0.1, 0.15) is 12.0 Å². The minimum atomic E-state index is -0.670. The molecule has 4 heteroatoms. The van der Waals surface area contributed by atoms with Crippen LogP contribution in [0.4, 0.5) is 0 Å². The van der Waals surface area contributed by atoms with Gasteiger partial charge in [0.25, 0.3) is 0 Å². The van der Waals surface area contributed by atoms with Crippen molar-refractivity contribution in [3.05, 3.63) is 34.3 Å². The number of halogens is 1. The molecule has 0 spiro atoms. The standard InChI is InChI=1S/C12H14BrNO2/c13-11-3-1-2-9(6-11)7-14-5-4-10(8-14)12(15)16/h1-3,6,10H,4-5,7-8H2,(H,15,16)/t10-/m0/s1. The molecular weight excluding hydrogens is 270 g/mol. The second kappa shape index (κ2) is 4.97. The lowest BCUT2D eigenvalue weighted by Gasteiger charge is -2.15. The van der Waals surface area contributed by atoms with Gasteiger partial charge in [0, 0.05) is 17.6 Å². The summed E-state index contributed by atoms with van der Waals surface area (Å²) in [5.74, 6) is -0.858. The van der Waals surface area contributed by atoms with Gasteiger partial charge in [-0.2, -0.15) is 0 Å². The zero-order valence-corrected chi connectivity index (χ0v) is 10.5. The molecule has 0 amide bonds. The second-order valence-electron chi connectivity index (χ2n) is 4.19. The highest BCUT2D eigenvalue weighted by atomic mass is 79.9. The fraction of sp³-hybridized carbons (Fsp3) is 0.417. The quantitative estimate of drug-likeness (QED) is 0.926. The van der Waals surface area contributed by atoms with Crippen molar-refractivity contribution in [2.45, 2.75) is 13.0 Å². The maximum absolute atomic E-state index is 10.8. The molecule has 3 nitrogen and oxygen atoms in total. The molecule has 0 radical (unpaired) electrons. The van der Waals surface area contributed by atoms with E-state index in [1.807, 2.05) is 12.1 Å². The molecule has 1 atom stereocenters. The third kappa shape index (κ3) is 2.83. The number of likely N-dealkylation sites (tertiary alicyclic amines) is 1. The number of carbonyl (C=O) groups is 1. The van der Waals surface area contributed by atoms with Crippen LogP contribution in [0.3, 0.4) is 0 Å². The fourth-order valence-corrected chi connectivity index (χ4v) is 2.52. The summed E-state index contributed by atoms with van der Waals surface area (Å²) in [7, 11) is 0. The van der Waals surface area contributed by atoms with Crippen LogP contribution >= 0.6 is 15.9 Å². The highest BCUT2D eigenvalue weighted by Gasteiger charge is 2.27. The topological polar surface area (TPSA) is 40.5 Å². The van der Waals surface area contributed by atoms with Crippen LogP contribution in [-0.4, -0.2) is 29.1 Å². The van der Waals surface area contributed by atoms with Gasteiger partial charge in [-0.15, -0.1) is 0 Å². The van der Waals surface area contributed by atoms with Crippen LogP contribution in [0.2, 0.25) is 0 Å².